The first-order chi connectivity index (χ1) is 5.11. The molecule has 0 fully saturated rings. The standard InChI is InChI=1S/C7H10ClN3/c1-4(2)6-5(9)3-10-7(8)11-6/h3-4H,9H2,1-2H3. The summed E-state index contributed by atoms with van der Waals surface area (Å²) in [5, 5.41) is 0.253. The van der Waals surface area contributed by atoms with Gasteiger partial charge in [0, 0.05) is 0 Å². The van der Waals surface area contributed by atoms with Crippen molar-refractivity contribution in [2.75, 3.05) is 5.73 Å². The molecule has 0 aromatic carbocycles. The van der Waals surface area contributed by atoms with Crippen molar-refractivity contribution in [3.63, 3.8) is 0 Å². The Morgan fingerprint density at radius 1 is 1.55 bits per heavy atom. The maximum atomic E-state index is 5.61. The summed E-state index contributed by atoms with van der Waals surface area (Å²) in [7, 11) is 0. The van der Waals surface area contributed by atoms with Crippen molar-refractivity contribution < 1.29 is 0 Å². The van der Waals surface area contributed by atoms with Crippen LogP contribution in [0.5, 0.6) is 0 Å². The Morgan fingerprint density at radius 2 is 2.18 bits per heavy atom. The Bertz CT molecular complexity index is 260. The largest absolute Gasteiger partial charge is 0.396 e. The van der Waals surface area contributed by atoms with Crippen LogP contribution in [0.4, 0.5) is 5.69 Å². The molecule has 0 amide bonds. The Labute approximate surface area is 70.6 Å². The van der Waals surface area contributed by atoms with Gasteiger partial charge in [0.2, 0.25) is 5.28 Å². The minimum atomic E-state index is 0.253. The predicted molar refractivity (Wildman–Crippen MR) is 45.5 cm³/mol. The molecule has 1 aromatic heterocycles. The summed E-state index contributed by atoms with van der Waals surface area (Å²) in [6, 6.07) is 0. The van der Waals surface area contributed by atoms with Gasteiger partial charge >= 0.3 is 0 Å². The highest BCUT2D eigenvalue weighted by Gasteiger charge is 2.06. The molecule has 0 bridgehead atoms. The van der Waals surface area contributed by atoms with Crippen LogP contribution in [-0.4, -0.2) is 9.97 Å². The normalized spacial score (nSPS) is 10.5. The number of anilines is 1. The van der Waals surface area contributed by atoms with Gasteiger partial charge in [-0.15, -0.1) is 0 Å². The van der Waals surface area contributed by atoms with E-state index < -0.39 is 0 Å². The highest BCUT2D eigenvalue weighted by atomic mass is 35.5. The Hall–Kier alpha value is -0.830. The van der Waals surface area contributed by atoms with Crippen molar-refractivity contribution in [2.45, 2.75) is 19.8 Å². The highest BCUT2D eigenvalue weighted by molar-refractivity contribution is 6.28. The molecule has 1 rings (SSSR count). The van der Waals surface area contributed by atoms with Crippen LogP contribution in [0.2, 0.25) is 5.28 Å². The molecule has 0 unspecified atom stereocenters. The lowest BCUT2D eigenvalue weighted by Gasteiger charge is -2.06. The van der Waals surface area contributed by atoms with E-state index in [-0.39, 0.29) is 11.2 Å². The van der Waals surface area contributed by atoms with Crippen LogP contribution >= 0.6 is 11.6 Å². The number of hydrogen-bond donors (Lipinski definition) is 1. The second kappa shape index (κ2) is 3.05. The number of hydrogen-bond acceptors (Lipinski definition) is 3. The van der Waals surface area contributed by atoms with E-state index in [1.54, 1.807) is 0 Å². The summed E-state index contributed by atoms with van der Waals surface area (Å²) in [5.74, 6) is 0.287. The molecule has 0 radical (unpaired) electrons. The van der Waals surface area contributed by atoms with Crippen molar-refractivity contribution >= 4 is 17.3 Å². The van der Waals surface area contributed by atoms with Crippen molar-refractivity contribution in [3.8, 4) is 0 Å². The van der Waals surface area contributed by atoms with Gasteiger partial charge in [0.25, 0.3) is 0 Å². The van der Waals surface area contributed by atoms with E-state index in [2.05, 4.69) is 9.97 Å². The average molecular weight is 172 g/mol. The number of rotatable bonds is 1. The second-order valence-corrected chi connectivity index (χ2v) is 2.97. The van der Waals surface area contributed by atoms with E-state index in [0.717, 1.165) is 5.69 Å². The highest BCUT2D eigenvalue weighted by Crippen LogP contribution is 2.19. The Balaban J connectivity index is 3.13. The summed E-state index contributed by atoms with van der Waals surface area (Å²) in [6.07, 6.45) is 1.53. The first-order valence-corrected chi connectivity index (χ1v) is 3.77. The summed E-state index contributed by atoms with van der Waals surface area (Å²) < 4.78 is 0. The lowest BCUT2D eigenvalue weighted by atomic mass is 10.1. The number of nitrogens with two attached hydrogens (primary N) is 1. The van der Waals surface area contributed by atoms with Crippen LogP contribution in [-0.2, 0) is 0 Å². The van der Waals surface area contributed by atoms with E-state index in [4.69, 9.17) is 17.3 Å². The summed E-state index contributed by atoms with van der Waals surface area (Å²) in [4.78, 5) is 7.75. The minimum absolute atomic E-state index is 0.253. The van der Waals surface area contributed by atoms with Gasteiger partial charge in [-0.05, 0) is 17.5 Å². The molecular formula is C7H10ClN3. The summed E-state index contributed by atoms with van der Waals surface area (Å²) >= 11 is 5.58. The quantitative estimate of drug-likeness (QED) is 0.656. The minimum Gasteiger partial charge on any atom is -0.396 e. The van der Waals surface area contributed by atoms with Crippen LogP contribution in [0.25, 0.3) is 0 Å². The van der Waals surface area contributed by atoms with E-state index in [1.165, 1.54) is 6.20 Å². The molecule has 0 aliphatic rings. The fourth-order valence-electron chi connectivity index (χ4n) is 0.844. The van der Waals surface area contributed by atoms with Gasteiger partial charge in [-0.25, -0.2) is 9.97 Å². The molecule has 0 saturated heterocycles. The first-order valence-electron chi connectivity index (χ1n) is 3.39. The number of aromatic nitrogens is 2. The molecule has 0 aliphatic carbocycles. The van der Waals surface area contributed by atoms with Gasteiger partial charge in [0.05, 0.1) is 17.6 Å². The molecule has 0 atom stereocenters. The van der Waals surface area contributed by atoms with E-state index in [9.17, 15) is 0 Å². The van der Waals surface area contributed by atoms with Gasteiger partial charge < -0.3 is 5.73 Å². The van der Waals surface area contributed by atoms with Crippen LogP contribution in [0, 0.1) is 0 Å². The first kappa shape index (κ1) is 8.27. The van der Waals surface area contributed by atoms with Gasteiger partial charge in [0.15, 0.2) is 0 Å². The lowest BCUT2D eigenvalue weighted by Crippen LogP contribution is -2.01. The van der Waals surface area contributed by atoms with Crippen molar-refractivity contribution in [2.24, 2.45) is 0 Å². The molecule has 1 aromatic rings. The maximum absolute atomic E-state index is 5.61. The topological polar surface area (TPSA) is 51.8 Å². The van der Waals surface area contributed by atoms with Crippen LogP contribution < -0.4 is 5.73 Å². The Kier molecular flexibility index (Phi) is 2.29. The third kappa shape index (κ3) is 1.80. The van der Waals surface area contributed by atoms with Gasteiger partial charge in [0.1, 0.15) is 0 Å². The van der Waals surface area contributed by atoms with Crippen LogP contribution in [0.15, 0.2) is 6.20 Å². The zero-order valence-corrected chi connectivity index (χ0v) is 7.26. The molecule has 1 heterocycles. The molecule has 60 valence electrons. The van der Waals surface area contributed by atoms with Gasteiger partial charge in [-0.3, -0.25) is 0 Å². The fraction of sp³-hybridized carbons (Fsp3) is 0.429. The van der Waals surface area contributed by atoms with Crippen LogP contribution in [0.3, 0.4) is 0 Å². The number of halogens is 1. The van der Waals surface area contributed by atoms with Crippen molar-refractivity contribution in [1.82, 2.24) is 9.97 Å². The van der Waals surface area contributed by atoms with Gasteiger partial charge in [-0.1, -0.05) is 13.8 Å². The smallest absolute Gasteiger partial charge is 0.222 e. The van der Waals surface area contributed by atoms with E-state index in [1.807, 2.05) is 13.8 Å². The van der Waals surface area contributed by atoms with Gasteiger partial charge in [-0.2, -0.15) is 0 Å². The average Bonchev–Trinajstić information content (AvgIpc) is 1.94. The lowest BCUT2D eigenvalue weighted by molar-refractivity contribution is 0.819. The molecule has 4 heteroatoms. The SMILES string of the molecule is CC(C)c1nc(Cl)ncc1N. The molecule has 0 spiro atoms. The molecule has 2 N–H and O–H groups in total. The zero-order chi connectivity index (χ0) is 8.43. The second-order valence-electron chi connectivity index (χ2n) is 2.63. The summed E-state index contributed by atoms with van der Waals surface area (Å²) in [5.41, 5.74) is 7.02. The maximum Gasteiger partial charge on any atom is 0.222 e. The Morgan fingerprint density at radius 3 is 2.64 bits per heavy atom. The van der Waals surface area contributed by atoms with E-state index >= 15 is 0 Å². The fourth-order valence-corrected chi connectivity index (χ4v) is 0.984. The zero-order valence-electron chi connectivity index (χ0n) is 6.50. The third-order valence-corrected chi connectivity index (χ3v) is 1.55. The number of nitrogens with zero attached hydrogens (tertiary/aromatic N) is 2. The predicted octanol–water partition coefficient (Wildman–Crippen LogP) is 1.84. The number of nitrogen functional groups attached to an aromatic ring is 1. The monoisotopic (exact) mass is 171 g/mol. The summed E-state index contributed by atoms with van der Waals surface area (Å²) in [6.45, 7) is 4.02. The molecule has 11 heavy (non-hydrogen) atoms. The van der Waals surface area contributed by atoms with Crippen LogP contribution in [0.1, 0.15) is 25.5 Å². The molecule has 0 saturated carbocycles. The van der Waals surface area contributed by atoms with E-state index in [0.29, 0.717) is 5.69 Å². The van der Waals surface area contributed by atoms with Crippen molar-refractivity contribution in [1.29, 1.82) is 0 Å². The third-order valence-electron chi connectivity index (χ3n) is 1.37. The molecule has 3 nitrogen and oxygen atoms in total. The van der Waals surface area contributed by atoms with Crippen molar-refractivity contribution in [3.05, 3.63) is 17.2 Å². The molecule has 0 aliphatic heterocycles. The molecular weight excluding hydrogens is 162 g/mol.